The summed E-state index contributed by atoms with van der Waals surface area (Å²) in [4.78, 5) is 0. The topological polar surface area (TPSA) is 9.23 Å². The van der Waals surface area contributed by atoms with Crippen molar-refractivity contribution < 1.29 is 4.74 Å². The van der Waals surface area contributed by atoms with E-state index < -0.39 is 0 Å². The number of unbranched alkanes of at least 4 members (excludes halogenated alkanes) is 7. The van der Waals surface area contributed by atoms with Crippen LogP contribution in [-0.4, -0.2) is 12.2 Å². The molecule has 0 aromatic heterocycles. The van der Waals surface area contributed by atoms with Gasteiger partial charge in [0.15, 0.2) is 0 Å². The van der Waals surface area contributed by atoms with Crippen molar-refractivity contribution in [2.75, 3.05) is 6.61 Å². The molecule has 0 unspecified atom stereocenters. The van der Waals surface area contributed by atoms with Crippen LogP contribution in [0.4, 0.5) is 0 Å². The second-order valence-electron chi connectivity index (χ2n) is 6.76. The molecule has 0 saturated carbocycles. The Morgan fingerprint density at radius 1 is 0.524 bits per heavy atom. The summed E-state index contributed by atoms with van der Waals surface area (Å²) in [7, 11) is 0. The second kappa shape index (κ2) is 14.9. The molecular weight excluding hydrogens is 256 g/mol. The quantitative estimate of drug-likeness (QED) is 0.272. The van der Waals surface area contributed by atoms with Crippen LogP contribution in [0.1, 0.15) is 118 Å². The molecule has 1 nitrogen and oxygen atoms in total. The molecule has 0 atom stereocenters. The van der Waals surface area contributed by atoms with Gasteiger partial charge >= 0.3 is 0 Å². The van der Waals surface area contributed by atoms with Crippen molar-refractivity contribution in [3.05, 3.63) is 0 Å². The first-order valence-corrected chi connectivity index (χ1v) is 9.88. The van der Waals surface area contributed by atoms with E-state index in [-0.39, 0.29) is 5.60 Å². The van der Waals surface area contributed by atoms with Gasteiger partial charge < -0.3 is 4.74 Å². The second-order valence-corrected chi connectivity index (χ2v) is 6.76. The van der Waals surface area contributed by atoms with Gasteiger partial charge in [-0.1, -0.05) is 91.9 Å². The van der Waals surface area contributed by atoms with E-state index in [2.05, 4.69) is 27.7 Å². The van der Waals surface area contributed by atoms with Gasteiger partial charge in [0.2, 0.25) is 0 Å². The molecular formula is C20H42O. The Morgan fingerprint density at radius 2 is 1.05 bits per heavy atom. The summed E-state index contributed by atoms with van der Waals surface area (Å²) < 4.78 is 6.40. The number of hydrogen-bond donors (Lipinski definition) is 0. The molecule has 128 valence electrons. The van der Waals surface area contributed by atoms with E-state index in [9.17, 15) is 0 Å². The molecule has 0 aromatic carbocycles. The third-order valence-corrected chi connectivity index (χ3v) is 4.55. The van der Waals surface area contributed by atoms with Crippen LogP contribution < -0.4 is 0 Å². The maximum absolute atomic E-state index is 6.40. The van der Waals surface area contributed by atoms with Gasteiger partial charge in [0.1, 0.15) is 0 Å². The van der Waals surface area contributed by atoms with E-state index in [4.69, 9.17) is 4.74 Å². The Balaban J connectivity index is 4.05. The van der Waals surface area contributed by atoms with Crippen molar-refractivity contribution in [3.8, 4) is 0 Å². The lowest BCUT2D eigenvalue weighted by Crippen LogP contribution is -2.33. The smallest absolute Gasteiger partial charge is 0.0682 e. The van der Waals surface area contributed by atoms with Gasteiger partial charge in [-0.15, -0.1) is 0 Å². The first-order valence-electron chi connectivity index (χ1n) is 9.88. The van der Waals surface area contributed by atoms with Gasteiger partial charge in [0, 0.05) is 6.61 Å². The molecule has 0 bridgehead atoms. The fourth-order valence-corrected chi connectivity index (χ4v) is 3.34. The molecule has 0 saturated heterocycles. The zero-order valence-electron chi connectivity index (χ0n) is 15.5. The zero-order chi connectivity index (χ0) is 15.8. The average molecular weight is 299 g/mol. The van der Waals surface area contributed by atoms with Crippen LogP contribution in [0.15, 0.2) is 0 Å². The summed E-state index contributed by atoms with van der Waals surface area (Å²) in [6, 6.07) is 0. The Bertz CT molecular complexity index is 194. The fraction of sp³-hybridized carbons (Fsp3) is 1.00. The monoisotopic (exact) mass is 298 g/mol. The predicted octanol–water partition coefficient (Wildman–Crippen LogP) is 7.28. The third kappa shape index (κ3) is 11.2. The minimum Gasteiger partial charge on any atom is -0.375 e. The fourth-order valence-electron chi connectivity index (χ4n) is 3.34. The molecule has 0 N–H and O–H groups in total. The summed E-state index contributed by atoms with van der Waals surface area (Å²) in [5.74, 6) is 0. The summed E-state index contributed by atoms with van der Waals surface area (Å²) >= 11 is 0. The van der Waals surface area contributed by atoms with Crippen LogP contribution in [0.3, 0.4) is 0 Å². The van der Waals surface area contributed by atoms with Crippen LogP contribution in [0, 0.1) is 0 Å². The Labute approximate surface area is 135 Å². The molecule has 0 fully saturated rings. The van der Waals surface area contributed by atoms with E-state index in [0.717, 1.165) is 6.61 Å². The summed E-state index contributed by atoms with van der Waals surface area (Å²) in [6.07, 6.45) is 18.5. The van der Waals surface area contributed by atoms with Crippen LogP contribution in [0.5, 0.6) is 0 Å². The average Bonchev–Trinajstić information content (AvgIpc) is 2.47. The highest BCUT2D eigenvalue weighted by molar-refractivity contribution is 4.80. The Kier molecular flexibility index (Phi) is 14.9. The first-order chi connectivity index (χ1) is 10.2. The van der Waals surface area contributed by atoms with Gasteiger partial charge in [0.05, 0.1) is 5.60 Å². The van der Waals surface area contributed by atoms with E-state index in [1.54, 1.807) is 0 Å². The first kappa shape index (κ1) is 21.0. The molecule has 1 heteroatoms. The maximum atomic E-state index is 6.40. The molecule has 21 heavy (non-hydrogen) atoms. The molecule has 0 aliphatic rings. The number of rotatable bonds is 16. The van der Waals surface area contributed by atoms with Gasteiger partial charge in [0.25, 0.3) is 0 Å². The summed E-state index contributed by atoms with van der Waals surface area (Å²) in [5, 5.41) is 0. The van der Waals surface area contributed by atoms with E-state index >= 15 is 0 Å². The van der Waals surface area contributed by atoms with Crippen molar-refractivity contribution in [1.82, 2.24) is 0 Å². The lowest BCUT2D eigenvalue weighted by molar-refractivity contribution is -0.0670. The third-order valence-electron chi connectivity index (χ3n) is 4.55. The molecule has 0 amide bonds. The highest BCUT2D eigenvalue weighted by Crippen LogP contribution is 2.31. The predicted molar refractivity (Wildman–Crippen MR) is 96.0 cm³/mol. The lowest BCUT2D eigenvalue weighted by Gasteiger charge is -2.34. The Morgan fingerprint density at radius 3 is 1.57 bits per heavy atom. The maximum Gasteiger partial charge on any atom is 0.0682 e. The summed E-state index contributed by atoms with van der Waals surface area (Å²) in [6.45, 7) is 10.1. The lowest BCUT2D eigenvalue weighted by atomic mass is 9.86. The van der Waals surface area contributed by atoms with Crippen molar-refractivity contribution in [2.45, 2.75) is 123 Å². The molecule has 0 aliphatic heterocycles. The molecule has 0 heterocycles. The standard InChI is InChI=1S/C20H42O/c1-5-9-11-12-13-14-15-18-20(16-7-3,17-8-4)21-19-10-6-2/h5-19H2,1-4H3. The number of hydrogen-bond acceptors (Lipinski definition) is 1. The van der Waals surface area contributed by atoms with Gasteiger partial charge in [-0.25, -0.2) is 0 Å². The molecule has 0 spiro atoms. The minimum absolute atomic E-state index is 0.197. The van der Waals surface area contributed by atoms with Crippen molar-refractivity contribution in [1.29, 1.82) is 0 Å². The van der Waals surface area contributed by atoms with Gasteiger partial charge in [-0.3, -0.25) is 0 Å². The minimum atomic E-state index is 0.197. The van der Waals surface area contributed by atoms with Crippen molar-refractivity contribution in [3.63, 3.8) is 0 Å². The largest absolute Gasteiger partial charge is 0.375 e. The number of ether oxygens (including phenoxy) is 1. The van der Waals surface area contributed by atoms with Gasteiger partial charge in [-0.05, 0) is 25.7 Å². The van der Waals surface area contributed by atoms with Crippen LogP contribution in [0.25, 0.3) is 0 Å². The van der Waals surface area contributed by atoms with E-state index in [1.165, 1.54) is 89.9 Å². The van der Waals surface area contributed by atoms with E-state index in [1.807, 2.05) is 0 Å². The van der Waals surface area contributed by atoms with Crippen LogP contribution in [0.2, 0.25) is 0 Å². The molecule has 0 rings (SSSR count). The van der Waals surface area contributed by atoms with Gasteiger partial charge in [-0.2, -0.15) is 0 Å². The van der Waals surface area contributed by atoms with E-state index in [0.29, 0.717) is 0 Å². The SMILES string of the molecule is CCCCCCCCCC(CCC)(CCC)OCCCC. The molecule has 0 aliphatic carbocycles. The zero-order valence-corrected chi connectivity index (χ0v) is 15.5. The van der Waals surface area contributed by atoms with Crippen molar-refractivity contribution in [2.24, 2.45) is 0 Å². The normalized spacial score (nSPS) is 12.0. The molecule has 0 radical (unpaired) electrons. The van der Waals surface area contributed by atoms with Crippen molar-refractivity contribution >= 4 is 0 Å². The summed E-state index contributed by atoms with van der Waals surface area (Å²) in [5.41, 5.74) is 0.197. The highest BCUT2D eigenvalue weighted by atomic mass is 16.5. The highest BCUT2D eigenvalue weighted by Gasteiger charge is 2.28. The van der Waals surface area contributed by atoms with Crippen LogP contribution >= 0.6 is 0 Å². The Hall–Kier alpha value is -0.0400. The molecule has 0 aromatic rings. The van der Waals surface area contributed by atoms with Crippen LogP contribution in [-0.2, 0) is 4.74 Å².